The van der Waals surface area contributed by atoms with Crippen molar-refractivity contribution < 1.29 is 22.9 Å². The third-order valence-corrected chi connectivity index (χ3v) is 6.19. The highest BCUT2D eigenvalue weighted by Crippen LogP contribution is 2.35. The zero-order chi connectivity index (χ0) is 22.9. The summed E-state index contributed by atoms with van der Waals surface area (Å²) >= 11 is 0. The van der Waals surface area contributed by atoms with Gasteiger partial charge in [0.25, 0.3) is 5.69 Å². The van der Waals surface area contributed by atoms with Crippen molar-refractivity contribution in [1.82, 2.24) is 9.78 Å². The van der Waals surface area contributed by atoms with Crippen LogP contribution in [0.1, 0.15) is 32.6 Å². The second-order valence-corrected chi connectivity index (χ2v) is 9.12. The summed E-state index contributed by atoms with van der Waals surface area (Å²) in [5.74, 6) is -0.514. The summed E-state index contributed by atoms with van der Waals surface area (Å²) in [5, 5.41) is 15.8. The van der Waals surface area contributed by atoms with Gasteiger partial charge >= 0.3 is 0 Å². The molecule has 0 spiro atoms. The van der Waals surface area contributed by atoms with Gasteiger partial charge < -0.3 is 4.74 Å². The van der Waals surface area contributed by atoms with Crippen molar-refractivity contribution in [3.05, 3.63) is 80.5 Å². The van der Waals surface area contributed by atoms with Crippen LogP contribution < -0.4 is 4.74 Å². The number of nitrogens with zero attached hydrogens (tertiary/aromatic N) is 3. The number of benzene rings is 2. The number of ketones is 1. The van der Waals surface area contributed by atoms with E-state index in [1.807, 2.05) is 30.3 Å². The van der Waals surface area contributed by atoms with Gasteiger partial charge in [-0.05, 0) is 31.0 Å². The van der Waals surface area contributed by atoms with Crippen molar-refractivity contribution in [2.45, 2.75) is 25.3 Å². The molecule has 0 atom stereocenters. The summed E-state index contributed by atoms with van der Waals surface area (Å²) < 4.78 is 31.4. The van der Waals surface area contributed by atoms with E-state index in [2.05, 4.69) is 5.10 Å². The quantitative estimate of drug-likeness (QED) is 0.312. The van der Waals surface area contributed by atoms with Gasteiger partial charge in [0, 0.05) is 18.9 Å². The van der Waals surface area contributed by atoms with Crippen LogP contribution in [-0.4, -0.2) is 35.2 Å². The van der Waals surface area contributed by atoms with Crippen LogP contribution in [0.4, 0.5) is 5.69 Å². The molecular formula is C21H21N3O6S. The van der Waals surface area contributed by atoms with E-state index in [-0.39, 0.29) is 39.6 Å². The van der Waals surface area contributed by atoms with Crippen LogP contribution in [0, 0.1) is 24.0 Å². The highest BCUT2D eigenvalue weighted by Gasteiger charge is 2.32. The molecule has 0 aliphatic carbocycles. The van der Waals surface area contributed by atoms with Gasteiger partial charge in [0.15, 0.2) is 9.84 Å². The Balaban J connectivity index is 2.09. The second-order valence-electron chi connectivity index (χ2n) is 7.16. The monoisotopic (exact) mass is 443 g/mol. The zero-order valence-corrected chi connectivity index (χ0v) is 18.3. The summed E-state index contributed by atoms with van der Waals surface area (Å²) in [5.41, 5.74) is 0.333. The minimum Gasteiger partial charge on any atom is -0.472 e. The molecule has 31 heavy (non-hydrogen) atoms. The lowest BCUT2D eigenvalue weighted by atomic mass is 9.98. The zero-order valence-electron chi connectivity index (χ0n) is 17.4. The molecule has 0 fully saturated rings. The Bertz CT molecular complexity index is 1280. The Morgan fingerprint density at radius 1 is 1.19 bits per heavy atom. The number of aryl methyl sites for hydroxylation is 2. The van der Waals surface area contributed by atoms with Crippen LogP contribution in [0.3, 0.4) is 0 Å². The molecular weight excluding hydrogens is 422 g/mol. The predicted molar refractivity (Wildman–Crippen MR) is 113 cm³/mol. The van der Waals surface area contributed by atoms with E-state index >= 15 is 0 Å². The van der Waals surface area contributed by atoms with Crippen molar-refractivity contribution in [2.24, 2.45) is 7.05 Å². The normalized spacial score (nSPS) is 11.4. The van der Waals surface area contributed by atoms with Crippen LogP contribution in [0.2, 0.25) is 0 Å². The molecule has 1 aromatic heterocycles. The average Bonchev–Trinajstić information content (AvgIpc) is 3.05. The fourth-order valence-electron chi connectivity index (χ4n) is 3.56. The first-order valence-electron chi connectivity index (χ1n) is 9.24. The summed E-state index contributed by atoms with van der Waals surface area (Å²) in [7, 11) is -2.14. The van der Waals surface area contributed by atoms with E-state index in [0.29, 0.717) is 0 Å². The lowest BCUT2D eigenvalue weighted by Crippen LogP contribution is -2.13. The number of nitro benzene ring substituents is 1. The number of rotatable bonds is 7. The van der Waals surface area contributed by atoms with Crippen molar-refractivity contribution in [1.29, 1.82) is 0 Å². The first kappa shape index (κ1) is 22.2. The molecule has 9 nitrogen and oxygen atoms in total. The maximum atomic E-state index is 13.3. The Morgan fingerprint density at radius 2 is 1.84 bits per heavy atom. The molecule has 3 aromatic rings. The summed E-state index contributed by atoms with van der Waals surface area (Å²) in [6.07, 6.45) is 2.26. The number of nitro groups is 1. The van der Waals surface area contributed by atoms with E-state index in [0.717, 1.165) is 11.8 Å². The number of carbonyl (C=O) groups is 1. The van der Waals surface area contributed by atoms with Gasteiger partial charge in [-0.15, -0.1) is 0 Å². The van der Waals surface area contributed by atoms with Crippen LogP contribution in [-0.2, 0) is 23.5 Å². The molecule has 2 aromatic carbocycles. The highest BCUT2D eigenvalue weighted by molar-refractivity contribution is 7.90. The van der Waals surface area contributed by atoms with E-state index in [1.54, 1.807) is 7.05 Å². The number of ether oxygens (including phenoxy) is 1. The topological polar surface area (TPSA) is 121 Å². The smallest absolute Gasteiger partial charge is 0.284 e. The average molecular weight is 443 g/mol. The van der Waals surface area contributed by atoms with Crippen LogP contribution >= 0.6 is 0 Å². The summed E-state index contributed by atoms with van der Waals surface area (Å²) in [4.78, 5) is 24.2. The molecule has 0 N–H and O–H groups in total. The molecule has 0 aliphatic rings. The molecule has 162 valence electrons. The Morgan fingerprint density at radius 3 is 2.42 bits per heavy atom. The summed E-state index contributed by atoms with van der Waals surface area (Å²) in [6, 6.07) is 10.5. The van der Waals surface area contributed by atoms with Gasteiger partial charge in [-0.2, -0.15) is 5.10 Å². The summed E-state index contributed by atoms with van der Waals surface area (Å²) in [6.45, 7) is 3.00. The van der Waals surface area contributed by atoms with E-state index < -0.39 is 26.2 Å². The van der Waals surface area contributed by atoms with Crippen LogP contribution in [0.15, 0.2) is 47.5 Å². The Hall–Kier alpha value is -3.53. The highest BCUT2D eigenvalue weighted by atomic mass is 32.2. The number of hydrogen-bond donors (Lipinski definition) is 0. The second kappa shape index (κ2) is 8.31. The predicted octanol–water partition coefficient (Wildman–Crippen LogP) is 3.16. The van der Waals surface area contributed by atoms with Crippen molar-refractivity contribution in [3.63, 3.8) is 0 Å². The molecule has 1 heterocycles. The van der Waals surface area contributed by atoms with E-state index in [1.165, 1.54) is 30.8 Å². The third kappa shape index (κ3) is 4.33. The van der Waals surface area contributed by atoms with Gasteiger partial charge in [0.2, 0.25) is 11.7 Å². The molecule has 10 heteroatoms. The number of carbonyl (C=O) groups excluding carboxylic acids is 1. The van der Waals surface area contributed by atoms with Gasteiger partial charge in [-0.1, -0.05) is 30.3 Å². The maximum absolute atomic E-state index is 13.3. The van der Waals surface area contributed by atoms with Crippen LogP contribution in [0.25, 0.3) is 0 Å². The lowest BCUT2D eigenvalue weighted by molar-refractivity contribution is -0.385. The largest absolute Gasteiger partial charge is 0.472 e. The minimum absolute atomic E-state index is 0.0486. The molecule has 0 unspecified atom stereocenters. The molecule has 3 rings (SSSR count). The molecule has 0 amide bonds. The van der Waals surface area contributed by atoms with Crippen molar-refractivity contribution in [2.75, 3.05) is 6.26 Å². The molecule has 0 aliphatic heterocycles. The lowest BCUT2D eigenvalue weighted by Gasteiger charge is -2.13. The first-order chi connectivity index (χ1) is 14.5. The van der Waals surface area contributed by atoms with Crippen molar-refractivity contribution >= 4 is 21.3 Å². The fourth-order valence-corrected chi connectivity index (χ4v) is 4.86. The van der Waals surface area contributed by atoms with Crippen LogP contribution in [0.5, 0.6) is 5.88 Å². The molecule has 0 saturated heterocycles. The molecule has 0 bridgehead atoms. The Labute approximate surface area is 179 Å². The number of hydrogen-bond acceptors (Lipinski definition) is 7. The maximum Gasteiger partial charge on any atom is 0.284 e. The standard InChI is InChI=1S/C21H21N3O6S/c1-13-10-16(18(24(26)27)14(2)20(13)31(4,28)29)19(25)17-11-22-23(3)21(17)30-12-15-8-6-5-7-9-15/h5-11H,12H2,1-4H3. The third-order valence-electron chi connectivity index (χ3n) is 4.82. The van der Waals surface area contributed by atoms with Gasteiger partial charge in [0.05, 0.1) is 16.0 Å². The number of sulfone groups is 1. The van der Waals surface area contributed by atoms with Gasteiger partial charge in [0.1, 0.15) is 17.7 Å². The minimum atomic E-state index is -3.73. The van der Waals surface area contributed by atoms with Crippen molar-refractivity contribution in [3.8, 4) is 5.88 Å². The van der Waals surface area contributed by atoms with E-state index in [9.17, 15) is 23.3 Å². The first-order valence-corrected chi connectivity index (χ1v) is 11.1. The fraction of sp³-hybridized carbons (Fsp3) is 0.238. The SMILES string of the molecule is Cc1cc(C(=O)c2cnn(C)c2OCc2ccccc2)c([N+](=O)[O-])c(C)c1S(C)(=O)=O. The molecule has 0 radical (unpaired) electrons. The molecule has 0 saturated carbocycles. The Kier molecular flexibility index (Phi) is 5.94. The van der Waals surface area contributed by atoms with E-state index in [4.69, 9.17) is 4.74 Å². The van der Waals surface area contributed by atoms with Gasteiger partial charge in [-0.3, -0.25) is 14.9 Å². The van der Waals surface area contributed by atoms with Gasteiger partial charge in [-0.25, -0.2) is 13.1 Å². The number of aromatic nitrogens is 2.